The Kier molecular flexibility index (Phi) is 2.68. The van der Waals surface area contributed by atoms with Gasteiger partial charge in [0.2, 0.25) is 4.91 Å². The van der Waals surface area contributed by atoms with Gasteiger partial charge in [-0.05, 0) is 6.07 Å². The molecule has 2 unspecified atom stereocenters. The molecule has 7 nitrogen and oxygen atoms in total. The lowest BCUT2D eigenvalue weighted by molar-refractivity contribution is -0.141. The number of aliphatic carboxylic acids is 1. The highest BCUT2D eigenvalue weighted by Gasteiger charge is 2.43. The van der Waals surface area contributed by atoms with E-state index in [0.717, 1.165) is 0 Å². The number of rotatable bonds is 3. The first kappa shape index (κ1) is 11.0. The molecule has 0 aliphatic carbocycles. The lowest BCUT2D eigenvalue weighted by Crippen LogP contribution is -2.26. The summed E-state index contributed by atoms with van der Waals surface area (Å²) in [5.74, 6) is -1.88. The van der Waals surface area contributed by atoms with Gasteiger partial charge >= 0.3 is 11.9 Å². The Morgan fingerprint density at radius 3 is 2.88 bits per heavy atom. The van der Waals surface area contributed by atoms with E-state index in [4.69, 9.17) is 15.4 Å². The molecule has 7 heteroatoms. The van der Waals surface area contributed by atoms with Crippen LogP contribution in [0.1, 0.15) is 22.0 Å². The van der Waals surface area contributed by atoms with Crippen molar-refractivity contribution in [1.29, 1.82) is 5.53 Å². The molecule has 0 fully saturated rings. The van der Waals surface area contributed by atoms with Crippen LogP contribution >= 0.6 is 0 Å². The number of hydrogen-bond donors (Lipinski definition) is 2. The lowest BCUT2D eigenvalue weighted by Gasteiger charge is -2.10. The Labute approximate surface area is 95.2 Å². The van der Waals surface area contributed by atoms with E-state index in [1.54, 1.807) is 24.3 Å². The molecular weight excluding hydrogens is 226 g/mol. The van der Waals surface area contributed by atoms with Gasteiger partial charge in [0.05, 0.1) is 5.56 Å². The van der Waals surface area contributed by atoms with Crippen molar-refractivity contribution in [2.45, 2.75) is 12.1 Å². The lowest BCUT2D eigenvalue weighted by atomic mass is 10.0. The van der Waals surface area contributed by atoms with Gasteiger partial charge in [0, 0.05) is 5.56 Å². The molecule has 0 saturated heterocycles. The second kappa shape index (κ2) is 4.15. The van der Waals surface area contributed by atoms with Gasteiger partial charge in [-0.25, -0.2) is 9.59 Å². The molecular formula is C10H8N3O4+. The van der Waals surface area contributed by atoms with Crippen molar-refractivity contribution in [3.05, 3.63) is 35.4 Å². The zero-order chi connectivity index (χ0) is 12.4. The van der Waals surface area contributed by atoms with Crippen LogP contribution in [0, 0.1) is 5.53 Å². The third-order valence-electron chi connectivity index (χ3n) is 2.44. The van der Waals surface area contributed by atoms with Crippen LogP contribution in [0.15, 0.2) is 29.4 Å². The molecule has 0 saturated carbocycles. The number of nitrogens with one attached hydrogen (secondary N) is 1. The number of fused-ring (bicyclic) bond motifs is 1. The highest BCUT2D eigenvalue weighted by molar-refractivity contribution is 5.95. The van der Waals surface area contributed by atoms with Crippen LogP contribution in [0.25, 0.3) is 0 Å². The number of carboxylic acids is 1. The van der Waals surface area contributed by atoms with Gasteiger partial charge in [0.25, 0.3) is 6.04 Å². The summed E-state index contributed by atoms with van der Waals surface area (Å²) < 4.78 is 4.95. The van der Waals surface area contributed by atoms with E-state index < -0.39 is 24.1 Å². The maximum atomic E-state index is 11.5. The number of nitrogens with zero attached hydrogens (tertiary/aromatic N) is 2. The fourth-order valence-corrected chi connectivity index (χ4v) is 1.71. The molecule has 1 aliphatic heterocycles. The van der Waals surface area contributed by atoms with Gasteiger partial charge in [-0.15, -0.1) is 0 Å². The van der Waals surface area contributed by atoms with Crippen LogP contribution in [0.5, 0.6) is 0 Å². The van der Waals surface area contributed by atoms with Gasteiger partial charge in [0.1, 0.15) is 10.6 Å². The summed E-state index contributed by atoms with van der Waals surface area (Å²) in [4.78, 5) is 25.1. The van der Waals surface area contributed by atoms with Crippen molar-refractivity contribution in [1.82, 2.24) is 4.91 Å². The smallest absolute Gasteiger partial charge is 0.340 e. The molecule has 2 rings (SSSR count). The fourth-order valence-electron chi connectivity index (χ4n) is 1.71. The highest BCUT2D eigenvalue weighted by Crippen LogP contribution is 2.34. The van der Waals surface area contributed by atoms with Crippen molar-refractivity contribution in [3.8, 4) is 0 Å². The number of ether oxygens (including phenoxy) is 1. The predicted octanol–water partition coefficient (Wildman–Crippen LogP) is 0.902. The maximum Gasteiger partial charge on any atom is 0.340 e. The summed E-state index contributed by atoms with van der Waals surface area (Å²) >= 11 is 0. The van der Waals surface area contributed by atoms with Gasteiger partial charge in [-0.2, -0.15) is 0 Å². The van der Waals surface area contributed by atoms with Gasteiger partial charge in [0.15, 0.2) is 6.10 Å². The standard InChI is InChI=1S/C10H7N3O4/c11-13-12-7(9(14)15)8-5-3-1-2-4-6(5)10(16)17-8/h1-4,7-8,11H/p+1. The van der Waals surface area contributed by atoms with E-state index in [0.29, 0.717) is 11.1 Å². The minimum absolute atomic E-state index is 0.323. The summed E-state index contributed by atoms with van der Waals surface area (Å²) in [6.07, 6.45) is -1.02. The Balaban J connectivity index is 2.45. The van der Waals surface area contributed by atoms with Gasteiger partial charge < -0.3 is 9.84 Å². The second-order valence-corrected chi connectivity index (χ2v) is 3.41. The molecule has 2 N–H and O–H groups in total. The molecule has 2 atom stereocenters. The van der Waals surface area contributed by atoms with Gasteiger partial charge in [-0.3, -0.25) is 0 Å². The van der Waals surface area contributed by atoms with Crippen LogP contribution in [0.3, 0.4) is 0 Å². The van der Waals surface area contributed by atoms with Crippen molar-refractivity contribution >= 4 is 11.9 Å². The maximum absolute atomic E-state index is 11.5. The summed E-state index contributed by atoms with van der Waals surface area (Å²) in [5.41, 5.74) is 7.36. The van der Waals surface area contributed by atoms with Crippen molar-refractivity contribution < 1.29 is 19.4 Å². The molecule has 0 aromatic heterocycles. The third-order valence-corrected chi connectivity index (χ3v) is 2.44. The number of carbonyl (C=O) groups excluding carboxylic acids is 1. The van der Waals surface area contributed by atoms with E-state index in [9.17, 15) is 9.59 Å². The molecule has 0 amide bonds. The molecule has 1 aromatic carbocycles. The van der Waals surface area contributed by atoms with E-state index >= 15 is 0 Å². The Hall–Kier alpha value is -2.53. The zero-order valence-corrected chi connectivity index (χ0v) is 8.53. The Morgan fingerprint density at radius 2 is 2.24 bits per heavy atom. The molecule has 1 heterocycles. The van der Waals surface area contributed by atoms with Crippen LogP contribution in [-0.2, 0) is 9.53 Å². The summed E-state index contributed by atoms with van der Waals surface area (Å²) in [7, 11) is 0. The fraction of sp³-hybridized carbons (Fsp3) is 0.200. The SMILES string of the molecule is N=[N+]=NC(C(=O)O)C1OC(=O)c2ccccc21. The molecule has 0 spiro atoms. The average Bonchev–Trinajstić information content (AvgIpc) is 2.64. The van der Waals surface area contributed by atoms with Crippen LogP contribution in [-0.4, -0.2) is 23.1 Å². The van der Waals surface area contributed by atoms with Crippen molar-refractivity contribution in [2.75, 3.05) is 0 Å². The number of carbonyl (C=O) groups is 2. The van der Waals surface area contributed by atoms with E-state index in [1.165, 1.54) is 0 Å². The number of hydrogen-bond acceptors (Lipinski definition) is 5. The largest absolute Gasteiger partial charge is 0.479 e. The minimum atomic E-state index is -1.39. The quantitative estimate of drug-likeness (QED) is 0.459. The molecule has 17 heavy (non-hydrogen) atoms. The van der Waals surface area contributed by atoms with Crippen LogP contribution in [0.4, 0.5) is 0 Å². The van der Waals surface area contributed by atoms with Crippen molar-refractivity contribution in [3.63, 3.8) is 0 Å². The van der Waals surface area contributed by atoms with Crippen LogP contribution < -0.4 is 4.91 Å². The first-order chi connectivity index (χ1) is 8.15. The third kappa shape index (κ3) is 1.79. The normalized spacial score (nSPS) is 18.8. The van der Waals surface area contributed by atoms with Gasteiger partial charge in [-0.1, -0.05) is 18.2 Å². The topological polar surface area (TPSA) is 114 Å². The molecule has 0 radical (unpaired) electrons. The molecule has 86 valence electrons. The summed E-state index contributed by atoms with van der Waals surface area (Å²) in [6.45, 7) is 0. The van der Waals surface area contributed by atoms with Crippen molar-refractivity contribution in [2.24, 2.45) is 5.11 Å². The predicted molar refractivity (Wildman–Crippen MR) is 53.3 cm³/mol. The number of cyclic esters (lactones) is 1. The number of esters is 1. The Bertz CT molecular complexity index is 534. The van der Waals surface area contributed by atoms with E-state index in [-0.39, 0.29) is 0 Å². The molecule has 1 aromatic rings. The average molecular weight is 234 g/mol. The van der Waals surface area contributed by atoms with E-state index in [2.05, 4.69) is 10.0 Å². The Morgan fingerprint density at radius 1 is 1.53 bits per heavy atom. The number of benzene rings is 1. The highest BCUT2D eigenvalue weighted by atomic mass is 16.6. The molecule has 0 bridgehead atoms. The first-order valence-corrected chi connectivity index (χ1v) is 4.74. The monoisotopic (exact) mass is 234 g/mol. The first-order valence-electron chi connectivity index (χ1n) is 4.74. The molecule has 1 aliphatic rings. The minimum Gasteiger partial charge on any atom is -0.479 e. The summed E-state index contributed by atoms with van der Waals surface area (Å²) in [5, 5.41) is 12.2. The van der Waals surface area contributed by atoms with Crippen LogP contribution in [0.2, 0.25) is 0 Å². The zero-order valence-electron chi connectivity index (χ0n) is 8.53. The second-order valence-electron chi connectivity index (χ2n) is 3.41. The summed E-state index contributed by atoms with van der Waals surface area (Å²) in [6, 6.07) is 5.09. The van der Waals surface area contributed by atoms with E-state index in [1.807, 2.05) is 0 Å². The number of carboxylic acid groups (broad SMARTS) is 1.